The highest BCUT2D eigenvalue weighted by molar-refractivity contribution is 6.39. The summed E-state index contributed by atoms with van der Waals surface area (Å²) in [5.41, 5.74) is 2.41. The van der Waals surface area contributed by atoms with Crippen LogP contribution in [0.1, 0.15) is 83.4 Å². The number of benzene rings is 5. The van der Waals surface area contributed by atoms with Crippen LogP contribution in [0.2, 0.25) is 0 Å². The largest absolute Gasteiger partial charge is 0.369 e. The quantitative estimate of drug-likeness (QED) is 0.175. The fourth-order valence-electron chi connectivity index (χ4n) is 6.64. The molecule has 0 radical (unpaired) electrons. The number of aliphatic hydroxyl groups excluding tert-OH is 1. The van der Waals surface area contributed by atoms with Gasteiger partial charge in [0.15, 0.2) is 6.23 Å². The summed E-state index contributed by atoms with van der Waals surface area (Å²) >= 11 is 0. The van der Waals surface area contributed by atoms with Gasteiger partial charge >= 0.3 is 0 Å². The van der Waals surface area contributed by atoms with Crippen molar-refractivity contribution in [3.8, 4) is 0 Å². The first-order chi connectivity index (χ1) is 18.3. The first-order valence-electron chi connectivity index (χ1n) is 13.4. The van der Waals surface area contributed by atoms with Gasteiger partial charge in [0, 0.05) is 45.1 Å². The van der Waals surface area contributed by atoms with E-state index in [1.807, 2.05) is 76.2 Å². The molecule has 2 unspecified atom stereocenters. The monoisotopic (exact) mass is 504 g/mol. The fourth-order valence-corrected chi connectivity index (χ4v) is 6.64. The maximum atomic E-state index is 13.6. The summed E-state index contributed by atoms with van der Waals surface area (Å²) in [6, 6.07) is 15.1. The smallest absolute Gasteiger partial charge is 0.261 e. The van der Waals surface area contributed by atoms with Gasteiger partial charge in [-0.2, -0.15) is 0 Å². The molecule has 5 aromatic rings. The molecule has 5 aromatic carbocycles. The summed E-state index contributed by atoms with van der Waals surface area (Å²) in [5, 5.41) is 18.4. The van der Waals surface area contributed by atoms with Crippen molar-refractivity contribution in [2.75, 3.05) is 0 Å². The number of nitrogens with zero attached hydrogens (tertiary/aromatic N) is 2. The standard InChI is InChI=1S/C32H28N2O4/c1-5-15(3)33-29(35)21-11-7-17-19-9-13-23-28-24(32(38)34(31(23)37)16(4)6-2)14-10-20(26(19)28)18-8-12-22(30(33)36)27(21)25(17)18/h7-16,29,35H,5-6H2,1-4H3/t15?,16?,29-/m1/s1. The Morgan fingerprint density at radius 1 is 0.632 bits per heavy atom. The van der Waals surface area contributed by atoms with E-state index >= 15 is 0 Å². The fraction of sp³-hybridized carbons (Fsp3) is 0.281. The lowest BCUT2D eigenvalue weighted by atomic mass is 9.82. The van der Waals surface area contributed by atoms with Crippen LogP contribution in [-0.4, -0.2) is 44.7 Å². The van der Waals surface area contributed by atoms with Crippen LogP contribution in [0.25, 0.3) is 43.1 Å². The predicted octanol–water partition coefficient (Wildman–Crippen LogP) is 6.38. The number of carbonyl (C=O) groups excluding carboxylic acids is 3. The SMILES string of the molecule is CCC(C)N1C(=O)c2ccc3c4ccc5c6c(ccc(c7ccc(c2c37)C1=O)c64)[C@@H](O)N(C(C)CC)C5=O. The van der Waals surface area contributed by atoms with Crippen molar-refractivity contribution >= 4 is 60.8 Å². The average Bonchev–Trinajstić information content (AvgIpc) is 2.93. The first kappa shape index (κ1) is 23.1. The molecule has 0 aliphatic carbocycles. The molecule has 190 valence electrons. The molecule has 6 heteroatoms. The van der Waals surface area contributed by atoms with Crippen molar-refractivity contribution in [2.24, 2.45) is 0 Å². The minimum Gasteiger partial charge on any atom is -0.369 e. The first-order valence-corrected chi connectivity index (χ1v) is 13.4. The van der Waals surface area contributed by atoms with Gasteiger partial charge in [-0.3, -0.25) is 19.3 Å². The Morgan fingerprint density at radius 2 is 1.08 bits per heavy atom. The van der Waals surface area contributed by atoms with Crippen LogP contribution in [0.5, 0.6) is 0 Å². The zero-order chi connectivity index (χ0) is 26.6. The van der Waals surface area contributed by atoms with E-state index in [0.717, 1.165) is 49.7 Å². The number of carbonyl (C=O) groups is 3. The Hall–Kier alpha value is -4.03. The molecule has 3 atom stereocenters. The van der Waals surface area contributed by atoms with Crippen LogP contribution in [-0.2, 0) is 0 Å². The third kappa shape index (κ3) is 2.63. The van der Waals surface area contributed by atoms with Crippen LogP contribution in [0.15, 0.2) is 48.5 Å². The second-order valence-electron chi connectivity index (χ2n) is 10.8. The maximum Gasteiger partial charge on any atom is 0.261 e. The summed E-state index contributed by atoms with van der Waals surface area (Å²) in [7, 11) is 0. The van der Waals surface area contributed by atoms with Gasteiger partial charge in [0.25, 0.3) is 17.7 Å². The summed E-state index contributed by atoms with van der Waals surface area (Å²) < 4.78 is 0. The molecule has 2 aliphatic rings. The van der Waals surface area contributed by atoms with E-state index < -0.39 is 6.23 Å². The number of fused-ring (bicyclic) bond motifs is 2. The van der Waals surface area contributed by atoms with E-state index in [2.05, 4.69) is 0 Å². The molecule has 0 saturated carbocycles. The average molecular weight is 505 g/mol. The molecule has 0 bridgehead atoms. The van der Waals surface area contributed by atoms with Crippen molar-refractivity contribution in [3.63, 3.8) is 0 Å². The zero-order valence-corrected chi connectivity index (χ0v) is 21.8. The van der Waals surface area contributed by atoms with Gasteiger partial charge < -0.3 is 10.0 Å². The van der Waals surface area contributed by atoms with Gasteiger partial charge in [-0.15, -0.1) is 0 Å². The molecular weight excluding hydrogens is 476 g/mol. The van der Waals surface area contributed by atoms with Crippen molar-refractivity contribution in [3.05, 3.63) is 70.8 Å². The third-order valence-corrected chi connectivity index (χ3v) is 8.94. The Kier molecular flexibility index (Phi) is 4.71. The summed E-state index contributed by atoms with van der Waals surface area (Å²) in [4.78, 5) is 43.6. The van der Waals surface area contributed by atoms with Crippen LogP contribution in [0.3, 0.4) is 0 Å². The maximum absolute atomic E-state index is 13.6. The molecule has 7 rings (SSSR count). The number of imide groups is 1. The van der Waals surface area contributed by atoms with Crippen molar-refractivity contribution in [2.45, 2.75) is 58.8 Å². The molecule has 2 aliphatic heterocycles. The number of hydrogen-bond acceptors (Lipinski definition) is 4. The van der Waals surface area contributed by atoms with Gasteiger partial charge in [-0.1, -0.05) is 44.2 Å². The molecule has 3 amide bonds. The van der Waals surface area contributed by atoms with E-state index in [-0.39, 0.29) is 29.8 Å². The molecule has 38 heavy (non-hydrogen) atoms. The molecule has 1 N–H and O–H groups in total. The Balaban J connectivity index is 1.59. The van der Waals surface area contributed by atoms with E-state index in [0.29, 0.717) is 28.5 Å². The van der Waals surface area contributed by atoms with Crippen LogP contribution >= 0.6 is 0 Å². The highest BCUT2D eigenvalue weighted by Crippen LogP contribution is 2.47. The normalized spacial score (nSPS) is 19.0. The lowest BCUT2D eigenvalue weighted by Gasteiger charge is -2.38. The molecule has 2 heterocycles. The third-order valence-electron chi connectivity index (χ3n) is 8.94. The Bertz CT molecular complexity index is 1800. The number of rotatable bonds is 4. The Labute approximate surface area is 219 Å². The molecule has 6 nitrogen and oxygen atoms in total. The minimum atomic E-state index is -1.02. The predicted molar refractivity (Wildman–Crippen MR) is 149 cm³/mol. The van der Waals surface area contributed by atoms with Crippen molar-refractivity contribution in [1.29, 1.82) is 0 Å². The van der Waals surface area contributed by atoms with Crippen LogP contribution in [0.4, 0.5) is 0 Å². The summed E-state index contributed by atoms with van der Waals surface area (Å²) in [6.07, 6.45) is 0.405. The van der Waals surface area contributed by atoms with Gasteiger partial charge in [0.05, 0.1) is 0 Å². The van der Waals surface area contributed by atoms with Gasteiger partial charge in [-0.05, 0) is 77.2 Å². The van der Waals surface area contributed by atoms with Gasteiger partial charge in [-0.25, -0.2) is 0 Å². The molecular formula is C32H28N2O4. The molecule has 0 fully saturated rings. The number of amides is 3. The lowest BCUT2D eigenvalue weighted by molar-refractivity contribution is -0.0129. The minimum absolute atomic E-state index is 0.102. The van der Waals surface area contributed by atoms with E-state index in [1.165, 1.54) is 4.90 Å². The zero-order valence-electron chi connectivity index (χ0n) is 21.8. The van der Waals surface area contributed by atoms with Crippen LogP contribution in [0, 0.1) is 0 Å². The summed E-state index contributed by atoms with van der Waals surface area (Å²) in [5.74, 6) is -0.675. The number of aliphatic hydroxyl groups is 1. The van der Waals surface area contributed by atoms with Gasteiger partial charge in [0.1, 0.15) is 0 Å². The molecule has 0 aromatic heterocycles. The second-order valence-corrected chi connectivity index (χ2v) is 10.8. The number of hydrogen-bond donors (Lipinski definition) is 1. The van der Waals surface area contributed by atoms with E-state index in [9.17, 15) is 19.5 Å². The Morgan fingerprint density at radius 3 is 1.58 bits per heavy atom. The second kappa shape index (κ2) is 7.74. The molecule has 0 saturated heterocycles. The summed E-state index contributed by atoms with van der Waals surface area (Å²) in [6.45, 7) is 7.83. The van der Waals surface area contributed by atoms with Crippen molar-refractivity contribution in [1.82, 2.24) is 9.80 Å². The van der Waals surface area contributed by atoms with Crippen molar-refractivity contribution < 1.29 is 19.5 Å². The highest BCUT2D eigenvalue weighted by Gasteiger charge is 2.38. The highest BCUT2D eigenvalue weighted by atomic mass is 16.3. The van der Waals surface area contributed by atoms with Gasteiger partial charge in [0.2, 0.25) is 0 Å². The topological polar surface area (TPSA) is 77.9 Å². The van der Waals surface area contributed by atoms with E-state index in [4.69, 9.17) is 0 Å². The van der Waals surface area contributed by atoms with E-state index in [1.54, 1.807) is 4.90 Å². The van der Waals surface area contributed by atoms with Crippen LogP contribution < -0.4 is 0 Å². The molecule has 0 spiro atoms. The lowest BCUT2D eigenvalue weighted by Crippen LogP contribution is -2.45.